The molecule has 4 rings (SSSR count). The largest absolute Gasteiger partial charge is 0.538 e. The highest BCUT2D eigenvalue weighted by atomic mass is 16.5. The number of hydrogen-bond acceptors (Lipinski definition) is 6. The van der Waals surface area contributed by atoms with Crippen molar-refractivity contribution in [1.82, 2.24) is 10.6 Å². The highest BCUT2D eigenvalue weighted by Crippen LogP contribution is 2.28. The molecule has 2 aromatic carbocycles. The molecule has 5 N–H and O–H groups in total. The topological polar surface area (TPSA) is 134 Å². The smallest absolute Gasteiger partial charge is 0.504 e. The van der Waals surface area contributed by atoms with Gasteiger partial charge in [-0.2, -0.15) is 0 Å². The van der Waals surface area contributed by atoms with E-state index in [-0.39, 0.29) is 11.8 Å². The molecule has 2 heterocycles. The number of nitrogens with one attached hydrogen (secondary N) is 2. The van der Waals surface area contributed by atoms with Gasteiger partial charge in [0.25, 0.3) is 0 Å². The summed E-state index contributed by atoms with van der Waals surface area (Å²) in [6.45, 7) is 7.06. The number of amides is 2. The molecule has 0 fully saturated rings. The molecule has 0 saturated carbocycles. The van der Waals surface area contributed by atoms with E-state index in [2.05, 4.69) is 34.2 Å². The van der Waals surface area contributed by atoms with Gasteiger partial charge in [-0.15, -0.1) is 0 Å². The fourth-order valence-corrected chi connectivity index (χ4v) is 5.30. The van der Waals surface area contributed by atoms with E-state index in [0.29, 0.717) is 55.8 Å². The average molecular weight is 598 g/mol. The normalized spacial score (nSPS) is 16.0. The highest BCUT2D eigenvalue weighted by molar-refractivity contribution is 6.59. The first-order chi connectivity index (χ1) is 21.2. The first-order valence-corrected chi connectivity index (χ1v) is 14.8. The molecule has 12 heteroatoms. The van der Waals surface area contributed by atoms with Crippen LogP contribution in [0.3, 0.4) is 0 Å². The second-order valence-electron chi connectivity index (χ2n) is 11.0. The molecule has 1 unspecified atom stereocenters. The van der Waals surface area contributed by atoms with E-state index in [0.717, 1.165) is 35.1 Å². The van der Waals surface area contributed by atoms with Gasteiger partial charge in [0.05, 0.1) is 5.56 Å². The number of nitrogens with zero attached hydrogens (tertiary/aromatic N) is 2. The van der Waals surface area contributed by atoms with Crippen molar-refractivity contribution in [2.24, 2.45) is 5.92 Å². The Kier molecular flexibility index (Phi) is 11.9. The monoisotopic (exact) mass is 598 g/mol. The fraction of sp³-hybridized carbons (Fsp3) is 0.312. The molecule has 0 aliphatic carbocycles. The van der Waals surface area contributed by atoms with Gasteiger partial charge in [0.15, 0.2) is 31.7 Å². The molecule has 0 spiro atoms. The third kappa shape index (κ3) is 9.12. The van der Waals surface area contributed by atoms with Gasteiger partial charge in [-0.25, -0.2) is 9.15 Å². The molecule has 10 nitrogen and oxygen atoms in total. The van der Waals surface area contributed by atoms with E-state index in [9.17, 15) is 24.7 Å². The predicted molar refractivity (Wildman–Crippen MR) is 172 cm³/mol. The molecular formula is C32H40B2N4O6+2. The molecule has 2 amide bonds. The molecule has 2 aliphatic heterocycles. The van der Waals surface area contributed by atoms with Crippen LogP contribution < -0.4 is 20.8 Å². The molecule has 44 heavy (non-hydrogen) atoms. The summed E-state index contributed by atoms with van der Waals surface area (Å²) in [5.74, 6) is -0.128. The Morgan fingerprint density at radius 3 is 2.43 bits per heavy atom. The Balaban J connectivity index is 1.53. The number of allylic oxidation sites excluding steroid dienone is 2. The quantitative estimate of drug-likeness (QED) is 0.0940. The maximum Gasteiger partial charge on any atom is 0.504 e. The molecule has 0 aromatic heterocycles. The standard InChI is InChI=1S/C32H38B2N4O6/c1-23(2)31(39)35-14-8-15-36-32(40)28-17-27(21-38(22-28)19-25-9-3-5-12-29(25)34(42)43)24-11-7-16-37(18-24)20-26-10-4-6-13-30(26)44-33-41/h3-6,9-10,12-13,16,18,21-22,28,33,41-43H,1,7-8,11,14-15,17,19-20H2,2H3/p+2. The number of hydrogen-bond donors (Lipinski definition) is 5. The van der Waals surface area contributed by atoms with Crippen molar-refractivity contribution < 1.29 is 38.5 Å². The van der Waals surface area contributed by atoms with E-state index in [1.54, 1.807) is 19.1 Å². The number of para-hydroxylation sites is 1. The minimum Gasteiger partial charge on any atom is -0.538 e. The summed E-state index contributed by atoms with van der Waals surface area (Å²) >= 11 is 0. The minimum absolute atomic E-state index is 0.114. The van der Waals surface area contributed by atoms with E-state index in [4.69, 9.17) is 4.65 Å². The van der Waals surface area contributed by atoms with Crippen molar-refractivity contribution in [3.8, 4) is 5.75 Å². The number of carbonyl (C=O) groups is 2. The van der Waals surface area contributed by atoms with Crippen molar-refractivity contribution in [1.29, 1.82) is 0 Å². The van der Waals surface area contributed by atoms with Gasteiger partial charge >= 0.3 is 14.8 Å². The van der Waals surface area contributed by atoms with Gasteiger partial charge in [0.1, 0.15) is 17.9 Å². The first kappa shape index (κ1) is 32.7. The zero-order valence-corrected chi connectivity index (χ0v) is 25.1. The van der Waals surface area contributed by atoms with Gasteiger partial charge in [-0.05, 0) is 43.8 Å². The van der Waals surface area contributed by atoms with Crippen LogP contribution in [0.2, 0.25) is 0 Å². The van der Waals surface area contributed by atoms with Crippen molar-refractivity contribution >= 4 is 44.5 Å². The second kappa shape index (κ2) is 16.0. The van der Waals surface area contributed by atoms with E-state index >= 15 is 0 Å². The summed E-state index contributed by atoms with van der Waals surface area (Å²) < 4.78 is 9.45. The summed E-state index contributed by atoms with van der Waals surface area (Å²) in [5.41, 5.74) is 4.69. The van der Waals surface area contributed by atoms with E-state index in [1.807, 2.05) is 53.4 Å². The van der Waals surface area contributed by atoms with Gasteiger partial charge in [0.2, 0.25) is 11.8 Å². The van der Waals surface area contributed by atoms with E-state index in [1.165, 1.54) is 0 Å². The molecule has 2 aliphatic rings. The van der Waals surface area contributed by atoms with Crippen molar-refractivity contribution in [2.45, 2.75) is 45.7 Å². The fourth-order valence-electron chi connectivity index (χ4n) is 5.30. The van der Waals surface area contributed by atoms with Crippen molar-refractivity contribution in [2.75, 3.05) is 13.1 Å². The van der Waals surface area contributed by atoms with Crippen LogP contribution in [0.5, 0.6) is 5.75 Å². The van der Waals surface area contributed by atoms with Crippen molar-refractivity contribution in [3.05, 3.63) is 95.4 Å². The molecule has 0 saturated heterocycles. The molecule has 1 atom stereocenters. The van der Waals surface area contributed by atoms with Gasteiger partial charge in [0, 0.05) is 41.8 Å². The lowest BCUT2D eigenvalue weighted by Crippen LogP contribution is -2.38. The lowest BCUT2D eigenvalue weighted by molar-refractivity contribution is -0.476. The molecule has 228 valence electrons. The number of benzene rings is 2. The number of rotatable bonds is 14. The average Bonchev–Trinajstić information content (AvgIpc) is 3.02. The Morgan fingerprint density at radius 2 is 1.68 bits per heavy atom. The summed E-state index contributed by atoms with van der Waals surface area (Å²) in [5, 5.41) is 34.9. The zero-order valence-electron chi connectivity index (χ0n) is 25.1. The molecular weight excluding hydrogens is 558 g/mol. The van der Waals surface area contributed by atoms with E-state index < -0.39 is 20.7 Å². The highest BCUT2D eigenvalue weighted by Gasteiger charge is 2.31. The molecule has 0 bridgehead atoms. The van der Waals surface area contributed by atoms with Crippen LogP contribution >= 0.6 is 0 Å². The van der Waals surface area contributed by atoms with Crippen LogP contribution in [0.4, 0.5) is 0 Å². The van der Waals surface area contributed by atoms with Gasteiger partial charge in [-0.3, -0.25) is 9.59 Å². The zero-order chi connectivity index (χ0) is 31.5. The Hall–Kier alpha value is -4.25. The third-order valence-electron chi connectivity index (χ3n) is 7.54. The van der Waals surface area contributed by atoms with Crippen LogP contribution in [-0.4, -0.2) is 76.4 Å². The Labute approximate surface area is 259 Å². The van der Waals surface area contributed by atoms with Crippen LogP contribution in [-0.2, 0) is 22.7 Å². The maximum atomic E-state index is 13.4. The van der Waals surface area contributed by atoms with Gasteiger partial charge in [-0.1, -0.05) is 43.0 Å². The second-order valence-corrected chi connectivity index (χ2v) is 11.0. The van der Waals surface area contributed by atoms with Crippen LogP contribution in [0.1, 0.15) is 43.7 Å². The van der Waals surface area contributed by atoms with Crippen molar-refractivity contribution in [3.63, 3.8) is 0 Å². The van der Waals surface area contributed by atoms with Crippen LogP contribution in [0.15, 0.2) is 84.2 Å². The Morgan fingerprint density at radius 1 is 1.00 bits per heavy atom. The third-order valence-corrected chi connectivity index (χ3v) is 7.54. The SMILES string of the molecule is C=C(C)C(=O)NCCCNC(=O)C1C=[N+](Cc2ccccc2B(O)O)C=C(C2=C[N+](Cc3ccccc3OBO)=CCC2)C1. The summed E-state index contributed by atoms with van der Waals surface area (Å²) in [6, 6.07) is 14.7. The minimum atomic E-state index is -1.60. The van der Waals surface area contributed by atoms with Gasteiger partial charge < -0.3 is 30.4 Å². The molecule has 2 aromatic rings. The van der Waals surface area contributed by atoms with Crippen LogP contribution in [0.25, 0.3) is 0 Å². The maximum absolute atomic E-state index is 13.4. The summed E-state index contributed by atoms with van der Waals surface area (Å²) in [4.78, 5) is 25.1. The number of carbonyl (C=O) groups excluding carboxylic acids is 2. The summed E-state index contributed by atoms with van der Waals surface area (Å²) in [7, 11) is -2.00. The first-order valence-electron chi connectivity index (χ1n) is 14.8. The summed E-state index contributed by atoms with van der Waals surface area (Å²) in [6.07, 6.45) is 10.9. The lowest BCUT2D eigenvalue weighted by Gasteiger charge is -2.20. The lowest BCUT2D eigenvalue weighted by atomic mass is 9.77. The predicted octanol–water partition coefficient (Wildman–Crippen LogP) is 0.651. The van der Waals surface area contributed by atoms with Crippen LogP contribution in [0, 0.1) is 5.92 Å². The Bertz CT molecular complexity index is 1500. The molecule has 0 radical (unpaired) electrons.